The van der Waals surface area contributed by atoms with Gasteiger partial charge in [0.2, 0.25) is 5.52 Å². The summed E-state index contributed by atoms with van der Waals surface area (Å²) < 4.78 is 18.9. The molecular formula is C34H30N3O3S3+. The lowest BCUT2D eigenvalue weighted by atomic mass is 10.0. The molecule has 7 rings (SSSR count). The zero-order chi connectivity index (χ0) is 29.7. The lowest BCUT2D eigenvalue weighted by molar-refractivity contribution is -0.665. The Morgan fingerprint density at radius 1 is 1.00 bits per heavy atom. The van der Waals surface area contributed by atoms with Crippen LogP contribution >= 0.6 is 34.4 Å². The molecule has 0 N–H and O–H groups in total. The Balaban J connectivity index is 1.38. The van der Waals surface area contributed by atoms with Gasteiger partial charge in [0, 0.05) is 36.2 Å². The van der Waals surface area contributed by atoms with Gasteiger partial charge >= 0.3 is 0 Å². The molecule has 6 nitrogen and oxygen atoms in total. The van der Waals surface area contributed by atoms with E-state index in [2.05, 4.69) is 71.0 Å². The van der Waals surface area contributed by atoms with Crippen molar-refractivity contribution in [2.24, 2.45) is 0 Å². The van der Waals surface area contributed by atoms with Crippen molar-refractivity contribution >= 4 is 73.1 Å². The largest absolute Gasteiger partial charge is 0.497 e. The van der Waals surface area contributed by atoms with Crippen LogP contribution in [-0.4, -0.2) is 18.7 Å². The van der Waals surface area contributed by atoms with Crippen LogP contribution in [0.5, 0.6) is 11.5 Å². The van der Waals surface area contributed by atoms with E-state index in [0.29, 0.717) is 6.54 Å². The Labute approximate surface area is 261 Å². The third-order valence-electron chi connectivity index (χ3n) is 7.68. The molecule has 4 heterocycles. The van der Waals surface area contributed by atoms with Crippen LogP contribution in [0.1, 0.15) is 24.4 Å². The molecule has 0 spiro atoms. The number of hydrogen-bond acceptors (Lipinski definition) is 7. The quantitative estimate of drug-likeness (QED) is 0.223. The fraction of sp³-hybridized carbons (Fsp3) is 0.176. The third kappa shape index (κ3) is 4.81. The van der Waals surface area contributed by atoms with Crippen molar-refractivity contribution in [2.45, 2.75) is 31.8 Å². The predicted octanol–water partition coefficient (Wildman–Crippen LogP) is 6.07. The smallest absolute Gasteiger partial charge is 0.271 e. The van der Waals surface area contributed by atoms with Crippen molar-refractivity contribution in [3.63, 3.8) is 0 Å². The van der Waals surface area contributed by atoms with E-state index in [4.69, 9.17) is 9.47 Å². The first-order valence-corrected chi connectivity index (χ1v) is 16.6. The number of aryl methyl sites for hydroxylation is 1. The lowest BCUT2D eigenvalue weighted by Crippen LogP contribution is -2.33. The summed E-state index contributed by atoms with van der Waals surface area (Å²) in [5, 5.41) is 2.07. The van der Waals surface area contributed by atoms with Gasteiger partial charge in [-0.3, -0.25) is 9.36 Å². The second kappa shape index (κ2) is 11.2. The molecule has 0 aliphatic carbocycles. The summed E-state index contributed by atoms with van der Waals surface area (Å²) in [4.78, 5) is 17.0. The number of benzene rings is 3. The fourth-order valence-corrected chi connectivity index (χ4v) is 9.15. The van der Waals surface area contributed by atoms with E-state index >= 15 is 0 Å². The Bertz CT molecular complexity index is 2150. The van der Waals surface area contributed by atoms with Gasteiger partial charge in [-0.05, 0) is 55.8 Å². The van der Waals surface area contributed by atoms with Crippen LogP contribution in [0.15, 0.2) is 88.3 Å². The minimum absolute atomic E-state index is 0.0267. The highest BCUT2D eigenvalue weighted by Crippen LogP contribution is 2.46. The van der Waals surface area contributed by atoms with Crippen molar-refractivity contribution in [3.8, 4) is 11.5 Å². The van der Waals surface area contributed by atoms with Gasteiger partial charge in [0.25, 0.3) is 10.6 Å². The number of nitrogens with zero attached hydrogens (tertiary/aromatic N) is 3. The maximum atomic E-state index is 13.8. The molecular weight excluding hydrogens is 595 g/mol. The molecule has 2 aromatic heterocycles. The second-order valence-electron chi connectivity index (χ2n) is 10.2. The van der Waals surface area contributed by atoms with Crippen LogP contribution in [-0.2, 0) is 13.1 Å². The number of methoxy groups -OCH3 is 1. The van der Waals surface area contributed by atoms with Gasteiger partial charge in [0.15, 0.2) is 0 Å². The molecule has 0 bridgehead atoms. The van der Waals surface area contributed by atoms with Crippen LogP contribution in [0.2, 0.25) is 0 Å². The number of para-hydroxylation sites is 2. The van der Waals surface area contributed by atoms with E-state index in [1.807, 2.05) is 48.9 Å². The molecule has 0 radical (unpaired) electrons. The molecule has 0 amide bonds. The third-order valence-corrected chi connectivity index (χ3v) is 11.3. The van der Waals surface area contributed by atoms with Gasteiger partial charge in [-0.1, -0.05) is 53.4 Å². The summed E-state index contributed by atoms with van der Waals surface area (Å²) in [6.45, 7) is 5.63. The minimum atomic E-state index is 0.0267. The first-order valence-electron chi connectivity index (χ1n) is 14.2. The van der Waals surface area contributed by atoms with Gasteiger partial charge in [-0.15, -0.1) is 11.3 Å². The van der Waals surface area contributed by atoms with Crippen LogP contribution in [0.3, 0.4) is 0 Å². The minimum Gasteiger partial charge on any atom is -0.497 e. The van der Waals surface area contributed by atoms with Crippen molar-refractivity contribution in [2.75, 3.05) is 19.1 Å². The number of hydrogen-bond donors (Lipinski definition) is 0. The van der Waals surface area contributed by atoms with Gasteiger partial charge < -0.3 is 14.4 Å². The second-order valence-corrected chi connectivity index (χ2v) is 13.3. The molecule has 216 valence electrons. The van der Waals surface area contributed by atoms with E-state index in [1.165, 1.54) is 21.6 Å². The maximum absolute atomic E-state index is 13.8. The maximum Gasteiger partial charge on any atom is 0.271 e. The summed E-state index contributed by atoms with van der Waals surface area (Å²) in [5.74, 6) is 2.37. The SMILES string of the molecule is CCn1c(=CC2=CC(=Cc3sc4ccccc4[n+]3CC)Oc3ccccc32)sc(=C2Sc3ccc(OC)cc3N2C)c1=O. The summed E-state index contributed by atoms with van der Waals surface area (Å²) in [6.07, 6.45) is 6.34. The molecule has 0 saturated carbocycles. The van der Waals surface area contributed by atoms with E-state index in [9.17, 15) is 4.79 Å². The Kier molecular flexibility index (Phi) is 7.25. The van der Waals surface area contributed by atoms with Crippen molar-refractivity contribution < 1.29 is 14.0 Å². The van der Waals surface area contributed by atoms with E-state index in [0.717, 1.165) is 64.8 Å². The molecule has 0 fully saturated rings. The zero-order valence-corrected chi connectivity index (χ0v) is 26.7. The number of anilines is 1. The van der Waals surface area contributed by atoms with Crippen LogP contribution < -0.4 is 33.7 Å². The van der Waals surface area contributed by atoms with Crippen molar-refractivity contribution in [1.82, 2.24) is 4.57 Å². The number of rotatable bonds is 5. The number of ether oxygens (including phenoxy) is 2. The van der Waals surface area contributed by atoms with Crippen LogP contribution in [0.4, 0.5) is 5.69 Å². The summed E-state index contributed by atoms with van der Waals surface area (Å²) in [7, 11) is 3.68. The first-order chi connectivity index (χ1) is 21.0. The molecule has 0 unspecified atom stereocenters. The first kappa shape index (κ1) is 27.8. The molecule has 3 aromatic carbocycles. The Hall–Kier alpha value is -4.05. The Morgan fingerprint density at radius 2 is 1.81 bits per heavy atom. The van der Waals surface area contributed by atoms with E-state index in [1.54, 1.807) is 30.2 Å². The highest BCUT2D eigenvalue weighted by Gasteiger charge is 2.26. The summed E-state index contributed by atoms with van der Waals surface area (Å²) in [6, 6.07) is 22.6. The topological polar surface area (TPSA) is 47.6 Å². The average Bonchev–Trinajstić information content (AvgIpc) is 3.66. The molecule has 0 saturated heterocycles. The molecule has 0 atom stereocenters. The summed E-state index contributed by atoms with van der Waals surface area (Å²) in [5.41, 5.74) is 4.31. The molecule has 5 aromatic rings. The predicted molar refractivity (Wildman–Crippen MR) is 179 cm³/mol. The van der Waals surface area contributed by atoms with Crippen molar-refractivity contribution in [3.05, 3.63) is 109 Å². The highest BCUT2D eigenvalue weighted by atomic mass is 32.2. The van der Waals surface area contributed by atoms with Gasteiger partial charge in [-0.2, -0.15) is 4.57 Å². The lowest BCUT2D eigenvalue weighted by Gasteiger charge is -2.18. The van der Waals surface area contributed by atoms with Gasteiger partial charge in [-0.25, -0.2) is 0 Å². The number of allylic oxidation sites excluding steroid dienone is 2. The van der Waals surface area contributed by atoms with Crippen LogP contribution in [0, 0.1) is 0 Å². The monoisotopic (exact) mass is 624 g/mol. The van der Waals surface area contributed by atoms with Gasteiger partial charge in [0.05, 0.1) is 23.5 Å². The number of thioether (sulfide) groups is 1. The number of aromatic nitrogens is 2. The number of fused-ring (bicyclic) bond motifs is 3. The standard InChI is InChI=1S/C34H30N3O3S3/c1-5-36-25-12-8-10-14-28(25)41-31(36)20-23-17-21(24-11-7-9-13-27(24)40-23)18-30-37(6-2)33(38)32(43-30)34-35(3)26-19-22(39-4)15-16-29(26)42-34/h7-20H,5-6H2,1-4H3/q+1. The van der Waals surface area contributed by atoms with Gasteiger partial charge in [0.1, 0.15) is 38.1 Å². The van der Waals surface area contributed by atoms with E-state index in [-0.39, 0.29) is 5.56 Å². The van der Waals surface area contributed by atoms with Crippen LogP contribution in [0.25, 0.3) is 33.0 Å². The fourth-order valence-electron chi connectivity index (χ4n) is 5.53. The zero-order valence-electron chi connectivity index (χ0n) is 24.3. The van der Waals surface area contributed by atoms with E-state index < -0.39 is 0 Å². The van der Waals surface area contributed by atoms with Crippen molar-refractivity contribution in [1.29, 1.82) is 0 Å². The average molecular weight is 625 g/mol. The molecule has 43 heavy (non-hydrogen) atoms. The molecule has 9 heteroatoms. The molecule has 2 aliphatic rings. The number of thiazole rings is 2. The highest BCUT2D eigenvalue weighted by molar-refractivity contribution is 8.08. The normalized spacial score (nSPS) is 16.8. The summed E-state index contributed by atoms with van der Waals surface area (Å²) >= 11 is 4.92. The molecule has 2 aliphatic heterocycles. The Morgan fingerprint density at radius 3 is 2.63 bits per heavy atom.